The lowest BCUT2D eigenvalue weighted by molar-refractivity contribution is -0.122. The number of ether oxygens (including phenoxy) is 2. The molecule has 1 aliphatic carbocycles. The first-order chi connectivity index (χ1) is 12.6. The second-order valence-corrected chi connectivity index (χ2v) is 6.42. The topological polar surface area (TPSA) is 64.6 Å². The lowest BCUT2D eigenvalue weighted by Gasteiger charge is -2.22. The number of esters is 1. The summed E-state index contributed by atoms with van der Waals surface area (Å²) in [6, 6.07) is 12.7. The van der Waals surface area contributed by atoms with Crippen LogP contribution in [0.4, 0.5) is 5.69 Å². The Bertz CT molecular complexity index is 815. The Morgan fingerprint density at radius 3 is 2.65 bits per heavy atom. The van der Waals surface area contributed by atoms with Crippen LogP contribution in [0.15, 0.2) is 42.5 Å². The van der Waals surface area contributed by atoms with E-state index in [4.69, 9.17) is 9.47 Å². The summed E-state index contributed by atoms with van der Waals surface area (Å²) in [5.41, 5.74) is 3.44. The first-order valence-corrected chi connectivity index (χ1v) is 8.85. The second-order valence-electron chi connectivity index (χ2n) is 6.42. The van der Waals surface area contributed by atoms with Crippen molar-refractivity contribution in [3.63, 3.8) is 0 Å². The van der Waals surface area contributed by atoms with Gasteiger partial charge in [-0.2, -0.15) is 0 Å². The highest BCUT2D eigenvalue weighted by Crippen LogP contribution is 2.30. The summed E-state index contributed by atoms with van der Waals surface area (Å²) < 4.78 is 10.6. The number of amides is 1. The summed E-state index contributed by atoms with van der Waals surface area (Å²) in [6.45, 7) is 1.72. The Balaban J connectivity index is 1.68. The minimum Gasteiger partial charge on any atom is -0.481 e. The van der Waals surface area contributed by atoms with Crippen LogP contribution in [0.5, 0.6) is 5.75 Å². The number of hydrogen-bond donors (Lipinski definition) is 1. The van der Waals surface area contributed by atoms with E-state index in [1.807, 2.05) is 12.1 Å². The molecule has 1 atom stereocenters. The van der Waals surface area contributed by atoms with Crippen LogP contribution >= 0.6 is 0 Å². The van der Waals surface area contributed by atoms with Gasteiger partial charge in [-0.05, 0) is 68.0 Å². The molecule has 136 valence electrons. The molecule has 0 fully saturated rings. The number of benzene rings is 2. The monoisotopic (exact) mass is 353 g/mol. The van der Waals surface area contributed by atoms with E-state index in [0.717, 1.165) is 25.0 Å². The fourth-order valence-corrected chi connectivity index (χ4v) is 3.19. The summed E-state index contributed by atoms with van der Waals surface area (Å²) >= 11 is 0. The molecule has 5 heteroatoms. The van der Waals surface area contributed by atoms with Gasteiger partial charge >= 0.3 is 5.97 Å². The van der Waals surface area contributed by atoms with Crippen molar-refractivity contribution in [2.24, 2.45) is 0 Å². The van der Waals surface area contributed by atoms with Crippen molar-refractivity contribution in [2.45, 2.75) is 38.7 Å². The average molecular weight is 353 g/mol. The number of hydrogen-bond acceptors (Lipinski definition) is 4. The Morgan fingerprint density at radius 2 is 1.85 bits per heavy atom. The summed E-state index contributed by atoms with van der Waals surface area (Å²) in [6.07, 6.45) is 3.75. The molecule has 1 aliphatic rings. The van der Waals surface area contributed by atoms with Crippen LogP contribution in [0, 0.1) is 0 Å². The fourth-order valence-electron chi connectivity index (χ4n) is 3.19. The molecule has 26 heavy (non-hydrogen) atoms. The zero-order valence-electron chi connectivity index (χ0n) is 15.1. The molecule has 0 bridgehead atoms. The van der Waals surface area contributed by atoms with Crippen LogP contribution in [0.3, 0.4) is 0 Å². The van der Waals surface area contributed by atoms with Crippen molar-refractivity contribution in [1.82, 2.24) is 0 Å². The summed E-state index contributed by atoms with van der Waals surface area (Å²) in [5, 5.41) is 2.79. The highest BCUT2D eigenvalue weighted by molar-refractivity contribution is 5.96. The summed E-state index contributed by atoms with van der Waals surface area (Å²) in [4.78, 5) is 24.1. The molecular formula is C21H23NO4. The van der Waals surface area contributed by atoms with Gasteiger partial charge in [0.15, 0.2) is 6.10 Å². The van der Waals surface area contributed by atoms with Crippen LogP contribution < -0.4 is 10.1 Å². The molecule has 5 nitrogen and oxygen atoms in total. The Morgan fingerprint density at radius 1 is 1.08 bits per heavy atom. The second kappa shape index (κ2) is 8.04. The van der Waals surface area contributed by atoms with Gasteiger partial charge < -0.3 is 14.8 Å². The zero-order chi connectivity index (χ0) is 18.5. The van der Waals surface area contributed by atoms with Crippen molar-refractivity contribution in [3.05, 3.63) is 59.2 Å². The SMILES string of the molecule is COC(=O)c1cccc(NC(=O)[C@H](C)Oc2cccc3c2CCCC3)c1. The Labute approximate surface area is 153 Å². The van der Waals surface area contributed by atoms with Gasteiger partial charge in [-0.15, -0.1) is 0 Å². The van der Waals surface area contributed by atoms with Gasteiger partial charge in [0.1, 0.15) is 5.75 Å². The van der Waals surface area contributed by atoms with E-state index < -0.39 is 12.1 Å². The predicted molar refractivity (Wildman–Crippen MR) is 99.6 cm³/mol. The van der Waals surface area contributed by atoms with Gasteiger partial charge in [-0.25, -0.2) is 4.79 Å². The van der Waals surface area contributed by atoms with Gasteiger partial charge in [0.05, 0.1) is 12.7 Å². The molecule has 0 saturated heterocycles. The predicted octanol–water partition coefficient (Wildman–Crippen LogP) is 3.76. The highest BCUT2D eigenvalue weighted by atomic mass is 16.5. The largest absolute Gasteiger partial charge is 0.481 e. The van der Waals surface area contributed by atoms with Crippen LogP contribution in [0.2, 0.25) is 0 Å². The van der Waals surface area contributed by atoms with E-state index in [1.165, 1.54) is 24.7 Å². The van der Waals surface area contributed by atoms with E-state index in [0.29, 0.717) is 11.3 Å². The number of anilines is 1. The quantitative estimate of drug-likeness (QED) is 0.832. The molecule has 1 N–H and O–H groups in total. The maximum Gasteiger partial charge on any atom is 0.337 e. The molecule has 0 aliphatic heterocycles. The third-order valence-corrected chi connectivity index (χ3v) is 4.58. The van der Waals surface area contributed by atoms with Crippen molar-refractivity contribution < 1.29 is 19.1 Å². The molecule has 0 spiro atoms. The molecule has 2 aromatic carbocycles. The molecular weight excluding hydrogens is 330 g/mol. The minimum absolute atomic E-state index is 0.263. The van der Waals surface area contributed by atoms with Gasteiger partial charge in [0.25, 0.3) is 5.91 Å². The van der Waals surface area contributed by atoms with Crippen LogP contribution in [0.25, 0.3) is 0 Å². The lowest BCUT2D eigenvalue weighted by Crippen LogP contribution is -2.30. The van der Waals surface area contributed by atoms with E-state index in [-0.39, 0.29) is 5.91 Å². The standard InChI is InChI=1S/C21H23NO4/c1-14(26-19-12-6-8-15-7-3-4-11-18(15)19)20(23)22-17-10-5-9-16(13-17)21(24)25-2/h5-6,8-10,12-14H,3-4,7,11H2,1-2H3,(H,22,23)/t14-/m0/s1. The minimum atomic E-state index is -0.648. The maximum absolute atomic E-state index is 12.5. The van der Waals surface area contributed by atoms with Gasteiger partial charge in [0.2, 0.25) is 0 Å². The number of fused-ring (bicyclic) bond motifs is 1. The van der Waals surface area contributed by atoms with Gasteiger partial charge in [-0.1, -0.05) is 18.2 Å². The number of aryl methyl sites for hydroxylation is 1. The van der Waals surface area contributed by atoms with E-state index in [9.17, 15) is 9.59 Å². The van der Waals surface area contributed by atoms with Crippen LogP contribution in [-0.2, 0) is 22.4 Å². The zero-order valence-corrected chi connectivity index (χ0v) is 15.1. The molecule has 1 amide bonds. The molecule has 0 aromatic heterocycles. The normalized spacial score (nSPS) is 14.1. The first-order valence-electron chi connectivity index (χ1n) is 8.85. The van der Waals surface area contributed by atoms with E-state index in [1.54, 1.807) is 31.2 Å². The number of nitrogens with one attached hydrogen (secondary N) is 1. The van der Waals surface area contributed by atoms with Crippen molar-refractivity contribution >= 4 is 17.6 Å². The van der Waals surface area contributed by atoms with Gasteiger partial charge in [0, 0.05) is 5.69 Å². The Hall–Kier alpha value is -2.82. The van der Waals surface area contributed by atoms with Crippen molar-refractivity contribution in [2.75, 3.05) is 12.4 Å². The number of carbonyl (C=O) groups excluding carboxylic acids is 2. The third-order valence-electron chi connectivity index (χ3n) is 4.58. The molecule has 0 saturated carbocycles. The van der Waals surface area contributed by atoms with Crippen molar-refractivity contribution in [3.8, 4) is 5.75 Å². The molecule has 0 unspecified atom stereocenters. The summed E-state index contributed by atoms with van der Waals surface area (Å²) in [5.74, 6) is 0.0786. The molecule has 0 heterocycles. The van der Waals surface area contributed by atoms with Crippen LogP contribution in [-0.4, -0.2) is 25.1 Å². The lowest BCUT2D eigenvalue weighted by atomic mass is 9.91. The number of methoxy groups -OCH3 is 1. The molecule has 2 aromatic rings. The van der Waals surface area contributed by atoms with Crippen molar-refractivity contribution in [1.29, 1.82) is 0 Å². The van der Waals surface area contributed by atoms with E-state index in [2.05, 4.69) is 11.4 Å². The molecule has 0 radical (unpaired) electrons. The first kappa shape index (κ1) is 18.0. The average Bonchev–Trinajstić information content (AvgIpc) is 2.67. The Kier molecular flexibility index (Phi) is 5.56. The maximum atomic E-state index is 12.5. The third kappa shape index (κ3) is 4.04. The van der Waals surface area contributed by atoms with Crippen LogP contribution in [0.1, 0.15) is 41.3 Å². The highest BCUT2D eigenvalue weighted by Gasteiger charge is 2.19. The smallest absolute Gasteiger partial charge is 0.337 e. The van der Waals surface area contributed by atoms with Gasteiger partial charge in [-0.3, -0.25) is 4.79 Å². The summed E-state index contributed by atoms with van der Waals surface area (Å²) in [7, 11) is 1.32. The van der Waals surface area contributed by atoms with E-state index >= 15 is 0 Å². The number of carbonyl (C=O) groups is 2. The fraction of sp³-hybridized carbons (Fsp3) is 0.333. The number of rotatable bonds is 5. The molecule has 3 rings (SSSR count).